The molecule has 0 saturated carbocycles. The zero-order chi connectivity index (χ0) is 12.6. The molecule has 4 nitrogen and oxygen atoms in total. The van der Waals surface area contributed by atoms with E-state index in [0.717, 1.165) is 4.47 Å². The molecule has 90 valence electrons. The minimum absolute atomic E-state index is 0.268. The minimum atomic E-state index is -0.268. The van der Waals surface area contributed by atoms with Gasteiger partial charge >= 0.3 is 0 Å². The Balaban J connectivity index is 2.77. The van der Waals surface area contributed by atoms with Gasteiger partial charge in [-0.15, -0.1) is 0 Å². The Labute approximate surface area is 120 Å². The van der Waals surface area contributed by atoms with E-state index in [1.807, 2.05) is 0 Å². The molecule has 0 spiro atoms. The maximum absolute atomic E-state index is 9.18. The summed E-state index contributed by atoms with van der Waals surface area (Å²) < 4.78 is 2.59. The van der Waals surface area contributed by atoms with Crippen LogP contribution in [0.5, 0.6) is 0 Å². The van der Waals surface area contributed by atoms with Gasteiger partial charge in [0, 0.05) is 4.47 Å². The number of benzene rings is 1. The third-order valence-electron chi connectivity index (χ3n) is 2.09. The highest BCUT2D eigenvalue weighted by atomic mass is 79.9. The molecule has 0 aliphatic carbocycles. The van der Waals surface area contributed by atoms with Crippen molar-refractivity contribution in [3.05, 3.63) is 37.2 Å². The van der Waals surface area contributed by atoms with Gasteiger partial charge in [0.15, 0.2) is 10.6 Å². The second-order valence-corrected chi connectivity index (χ2v) is 5.27. The maximum Gasteiger partial charge on any atom is 0.200 e. The van der Waals surface area contributed by atoms with E-state index in [1.165, 1.54) is 4.57 Å². The van der Waals surface area contributed by atoms with E-state index in [1.54, 1.807) is 12.1 Å². The predicted octanol–water partition coefficient (Wildman–Crippen LogP) is 3.49. The molecule has 8 heteroatoms. The van der Waals surface area contributed by atoms with Crippen molar-refractivity contribution in [3.8, 4) is 5.69 Å². The van der Waals surface area contributed by atoms with Gasteiger partial charge in [0.2, 0.25) is 0 Å². The number of H-pyrrole nitrogens is 1. The lowest BCUT2D eigenvalue weighted by Crippen LogP contribution is -2.03. The first-order chi connectivity index (χ1) is 8.04. The monoisotopic (exact) mass is 353 g/mol. The smallest absolute Gasteiger partial charge is 0.200 e. The van der Waals surface area contributed by atoms with E-state index in [4.69, 9.17) is 35.4 Å². The Morgan fingerprint density at radius 3 is 2.53 bits per heavy atom. The van der Waals surface area contributed by atoms with E-state index in [0.29, 0.717) is 26.3 Å². The number of hydrogen-bond acceptors (Lipinski definition) is 3. The van der Waals surface area contributed by atoms with E-state index < -0.39 is 0 Å². The van der Waals surface area contributed by atoms with E-state index in [-0.39, 0.29) is 6.61 Å². The highest BCUT2D eigenvalue weighted by molar-refractivity contribution is 9.10. The Hall–Kier alpha value is -0.400. The Bertz CT molecular complexity index is 602. The molecule has 1 heterocycles. The van der Waals surface area contributed by atoms with Crippen molar-refractivity contribution in [1.82, 2.24) is 14.8 Å². The summed E-state index contributed by atoms with van der Waals surface area (Å²) in [6.45, 7) is -0.268. The number of aliphatic hydroxyl groups excluding tert-OH is 1. The van der Waals surface area contributed by atoms with Crippen LogP contribution in [-0.4, -0.2) is 19.9 Å². The van der Waals surface area contributed by atoms with Crippen LogP contribution in [0.15, 0.2) is 16.6 Å². The molecule has 0 radical (unpaired) electrons. The third-order valence-corrected chi connectivity index (χ3v) is 3.40. The summed E-state index contributed by atoms with van der Waals surface area (Å²) in [6, 6.07) is 3.39. The van der Waals surface area contributed by atoms with Gasteiger partial charge in [0.05, 0.1) is 15.7 Å². The normalized spacial score (nSPS) is 10.8. The summed E-state index contributed by atoms with van der Waals surface area (Å²) in [4.78, 5) is 0. The molecule has 1 aromatic heterocycles. The first-order valence-electron chi connectivity index (χ1n) is 4.46. The van der Waals surface area contributed by atoms with Crippen LogP contribution in [0, 0.1) is 4.77 Å². The fraction of sp³-hybridized carbons (Fsp3) is 0.111. The van der Waals surface area contributed by atoms with Crippen LogP contribution in [0.25, 0.3) is 5.69 Å². The summed E-state index contributed by atoms with van der Waals surface area (Å²) in [5.41, 5.74) is 0.499. The van der Waals surface area contributed by atoms with Gasteiger partial charge in [-0.2, -0.15) is 5.10 Å². The van der Waals surface area contributed by atoms with Crippen molar-refractivity contribution >= 4 is 51.3 Å². The Kier molecular flexibility index (Phi) is 3.89. The number of hydrogen-bond donors (Lipinski definition) is 2. The summed E-state index contributed by atoms with van der Waals surface area (Å²) in [6.07, 6.45) is 0. The number of nitrogens with one attached hydrogen (secondary N) is 1. The van der Waals surface area contributed by atoms with Gasteiger partial charge in [-0.25, -0.2) is 0 Å². The first-order valence-corrected chi connectivity index (χ1v) is 6.42. The lowest BCUT2D eigenvalue weighted by molar-refractivity contribution is 0.269. The zero-order valence-electron chi connectivity index (χ0n) is 8.25. The fourth-order valence-electron chi connectivity index (χ4n) is 1.41. The third kappa shape index (κ3) is 2.41. The average molecular weight is 355 g/mol. The molecule has 2 N–H and O–H groups in total. The SMILES string of the molecule is OCc1n[nH]c(=S)n1-c1c(Cl)cc(Br)cc1Cl. The highest BCUT2D eigenvalue weighted by Crippen LogP contribution is 2.33. The van der Waals surface area contributed by atoms with Gasteiger partial charge in [0.25, 0.3) is 0 Å². The van der Waals surface area contributed by atoms with Crippen LogP contribution in [0.1, 0.15) is 5.82 Å². The van der Waals surface area contributed by atoms with Gasteiger partial charge in [-0.05, 0) is 24.4 Å². The first kappa shape index (κ1) is 13.0. The van der Waals surface area contributed by atoms with Crippen LogP contribution in [-0.2, 0) is 6.61 Å². The summed E-state index contributed by atoms with van der Waals surface area (Å²) >= 11 is 20.6. The van der Waals surface area contributed by atoms with Crippen molar-refractivity contribution in [2.75, 3.05) is 0 Å². The summed E-state index contributed by atoms with van der Waals surface area (Å²) in [5, 5.41) is 16.5. The maximum atomic E-state index is 9.18. The molecule has 2 aromatic rings. The highest BCUT2D eigenvalue weighted by Gasteiger charge is 2.15. The summed E-state index contributed by atoms with van der Waals surface area (Å²) in [5.74, 6) is 0.348. The molecular formula is C9H6BrCl2N3OS. The Morgan fingerprint density at radius 2 is 2.00 bits per heavy atom. The standard InChI is InChI=1S/C9H6BrCl2N3OS/c10-4-1-5(11)8(6(12)2-4)15-7(3-16)13-14-9(15)17/h1-2,16H,3H2,(H,14,17). The zero-order valence-corrected chi connectivity index (χ0v) is 12.2. The van der Waals surface area contributed by atoms with Gasteiger partial charge in [0.1, 0.15) is 6.61 Å². The van der Waals surface area contributed by atoms with Crippen LogP contribution in [0.4, 0.5) is 0 Å². The van der Waals surface area contributed by atoms with Crippen molar-refractivity contribution in [2.45, 2.75) is 6.61 Å². The van der Waals surface area contributed by atoms with Crippen molar-refractivity contribution in [1.29, 1.82) is 0 Å². The van der Waals surface area contributed by atoms with Crippen molar-refractivity contribution in [3.63, 3.8) is 0 Å². The number of aromatic amines is 1. The minimum Gasteiger partial charge on any atom is -0.388 e. The number of rotatable bonds is 2. The van der Waals surface area contributed by atoms with Crippen molar-refractivity contribution in [2.24, 2.45) is 0 Å². The predicted molar refractivity (Wildman–Crippen MR) is 72.4 cm³/mol. The van der Waals surface area contributed by atoms with Gasteiger partial charge < -0.3 is 5.11 Å². The summed E-state index contributed by atoms with van der Waals surface area (Å²) in [7, 11) is 0. The van der Waals surface area contributed by atoms with Crippen LogP contribution >= 0.6 is 51.3 Å². The largest absolute Gasteiger partial charge is 0.388 e. The Morgan fingerprint density at radius 1 is 1.41 bits per heavy atom. The van der Waals surface area contributed by atoms with Crippen LogP contribution in [0.2, 0.25) is 10.0 Å². The molecule has 0 aliphatic rings. The molecular weight excluding hydrogens is 349 g/mol. The molecule has 17 heavy (non-hydrogen) atoms. The second kappa shape index (κ2) is 5.07. The molecule has 2 rings (SSSR count). The number of aromatic nitrogens is 3. The van der Waals surface area contributed by atoms with E-state index >= 15 is 0 Å². The lowest BCUT2D eigenvalue weighted by atomic mass is 10.3. The van der Waals surface area contributed by atoms with Crippen molar-refractivity contribution < 1.29 is 5.11 Å². The number of aliphatic hydroxyl groups is 1. The molecule has 0 bridgehead atoms. The number of nitrogens with zero attached hydrogens (tertiary/aromatic N) is 2. The second-order valence-electron chi connectivity index (χ2n) is 3.16. The molecule has 0 amide bonds. The topological polar surface area (TPSA) is 53.8 Å². The molecule has 0 atom stereocenters. The lowest BCUT2D eigenvalue weighted by Gasteiger charge is -2.10. The molecule has 0 saturated heterocycles. The number of halogens is 3. The van der Waals surface area contributed by atoms with Crippen LogP contribution in [0.3, 0.4) is 0 Å². The molecule has 0 unspecified atom stereocenters. The van der Waals surface area contributed by atoms with E-state index in [9.17, 15) is 5.11 Å². The fourth-order valence-corrected chi connectivity index (χ4v) is 3.03. The molecule has 0 fully saturated rings. The van der Waals surface area contributed by atoms with Gasteiger partial charge in [-0.3, -0.25) is 9.67 Å². The molecule has 0 aliphatic heterocycles. The quantitative estimate of drug-likeness (QED) is 0.811. The average Bonchev–Trinajstić information content (AvgIpc) is 2.59. The van der Waals surface area contributed by atoms with Gasteiger partial charge in [-0.1, -0.05) is 39.1 Å². The van der Waals surface area contributed by atoms with Crippen LogP contribution < -0.4 is 0 Å². The van der Waals surface area contributed by atoms with E-state index in [2.05, 4.69) is 26.1 Å². The molecule has 1 aromatic carbocycles.